The molecular formula is C14H22N2O2. The number of benzene rings is 1. The fourth-order valence-corrected chi connectivity index (χ4v) is 1.90. The molecule has 0 aliphatic rings. The molecule has 0 aliphatic carbocycles. The van der Waals surface area contributed by atoms with E-state index in [2.05, 4.69) is 12.2 Å². The highest BCUT2D eigenvalue weighted by molar-refractivity contribution is 5.82. The summed E-state index contributed by atoms with van der Waals surface area (Å²) in [4.78, 5) is 12.1. The van der Waals surface area contributed by atoms with Crippen molar-refractivity contribution >= 4 is 5.91 Å². The molecule has 0 saturated heterocycles. The Bertz CT molecular complexity index is 354. The van der Waals surface area contributed by atoms with Gasteiger partial charge in [0.2, 0.25) is 0 Å². The van der Waals surface area contributed by atoms with E-state index in [9.17, 15) is 4.79 Å². The van der Waals surface area contributed by atoms with Gasteiger partial charge >= 0.3 is 0 Å². The van der Waals surface area contributed by atoms with Crippen LogP contribution in [-0.2, 0) is 9.53 Å². The molecule has 0 bridgehead atoms. The molecule has 1 aromatic carbocycles. The summed E-state index contributed by atoms with van der Waals surface area (Å²) < 4.78 is 5.27. The van der Waals surface area contributed by atoms with Gasteiger partial charge in [-0.2, -0.15) is 0 Å². The quantitative estimate of drug-likeness (QED) is 0.773. The lowest BCUT2D eigenvalue weighted by molar-refractivity contribution is -0.132. The van der Waals surface area contributed by atoms with Gasteiger partial charge < -0.3 is 15.8 Å². The predicted octanol–water partition coefficient (Wildman–Crippen LogP) is 1.62. The van der Waals surface area contributed by atoms with Crippen molar-refractivity contribution in [3.8, 4) is 0 Å². The van der Waals surface area contributed by atoms with Crippen LogP contribution in [0.25, 0.3) is 0 Å². The lowest BCUT2D eigenvalue weighted by Crippen LogP contribution is -2.42. The van der Waals surface area contributed by atoms with Gasteiger partial charge in [-0.05, 0) is 12.0 Å². The highest BCUT2D eigenvalue weighted by atomic mass is 16.5. The summed E-state index contributed by atoms with van der Waals surface area (Å²) in [6.07, 6.45) is 1.30. The van der Waals surface area contributed by atoms with E-state index in [1.54, 1.807) is 0 Å². The second-order valence-electron chi connectivity index (χ2n) is 4.26. The van der Waals surface area contributed by atoms with E-state index in [0.29, 0.717) is 6.54 Å². The van der Waals surface area contributed by atoms with Gasteiger partial charge in [0.05, 0.1) is 0 Å². The van der Waals surface area contributed by atoms with Gasteiger partial charge in [0, 0.05) is 19.7 Å². The van der Waals surface area contributed by atoms with E-state index in [-0.39, 0.29) is 11.9 Å². The number of amides is 1. The lowest BCUT2D eigenvalue weighted by atomic mass is 10.1. The smallest absolute Gasteiger partial charge is 0.254 e. The third-order valence-electron chi connectivity index (χ3n) is 2.84. The first-order valence-corrected chi connectivity index (χ1v) is 6.31. The fourth-order valence-electron chi connectivity index (χ4n) is 1.90. The Balaban J connectivity index is 2.68. The molecule has 4 heteroatoms. The van der Waals surface area contributed by atoms with Crippen LogP contribution in [0.5, 0.6) is 0 Å². The Morgan fingerprint density at radius 2 is 2.06 bits per heavy atom. The molecule has 2 atom stereocenters. The molecule has 4 nitrogen and oxygen atoms in total. The van der Waals surface area contributed by atoms with Crippen molar-refractivity contribution in [1.82, 2.24) is 5.32 Å². The summed E-state index contributed by atoms with van der Waals surface area (Å²) in [6.45, 7) is 2.52. The maximum absolute atomic E-state index is 12.1. The second kappa shape index (κ2) is 7.84. The van der Waals surface area contributed by atoms with E-state index >= 15 is 0 Å². The maximum Gasteiger partial charge on any atom is 0.254 e. The van der Waals surface area contributed by atoms with Crippen molar-refractivity contribution in [2.45, 2.75) is 31.9 Å². The van der Waals surface area contributed by atoms with Crippen LogP contribution in [-0.4, -0.2) is 25.6 Å². The van der Waals surface area contributed by atoms with E-state index in [1.807, 2.05) is 30.3 Å². The molecule has 1 aromatic rings. The lowest BCUT2D eigenvalue weighted by Gasteiger charge is -2.20. The molecule has 1 rings (SSSR count). The third kappa shape index (κ3) is 4.13. The minimum Gasteiger partial charge on any atom is -0.367 e. The van der Waals surface area contributed by atoms with Crippen LogP contribution in [0, 0.1) is 0 Å². The Morgan fingerprint density at radius 1 is 1.39 bits per heavy atom. The van der Waals surface area contributed by atoms with Gasteiger partial charge in [-0.25, -0.2) is 0 Å². The zero-order chi connectivity index (χ0) is 13.4. The number of carbonyl (C=O) groups excluding carboxylic acids is 1. The van der Waals surface area contributed by atoms with Crippen LogP contribution in [0.3, 0.4) is 0 Å². The van der Waals surface area contributed by atoms with Gasteiger partial charge in [-0.1, -0.05) is 43.7 Å². The Morgan fingerprint density at radius 3 is 2.56 bits per heavy atom. The number of carbonyl (C=O) groups is 1. The number of nitrogens with two attached hydrogens (primary N) is 1. The third-order valence-corrected chi connectivity index (χ3v) is 2.84. The maximum atomic E-state index is 12.1. The molecule has 0 aromatic heterocycles. The Kier molecular flexibility index (Phi) is 6.39. The van der Waals surface area contributed by atoms with Crippen molar-refractivity contribution < 1.29 is 9.53 Å². The molecule has 0 radical (unpaired) electrons. The molecule has 100 valence electrons. The van der Waals surface area contributed by atoms with Crippen molar-refractivity contribution in [3.05, 3.63) is 35.9 Å². The number of hydrogen-bond donors (Lipinski definition) is 2. The first-order chi connectivity index (χ1) is 8.72. The van der Waals surface area contributed by atoms with Crippen LogP contribution in [0.1, 0.15) is 31.4 Å². The Labute approximate surface area is 109 Å². The molecule has 2 unspecified atom stereocenters. The SMILES string of the molecule is CCCC(CN)NC(=O)C(OC)c1ccccc1. The number of ether oxygens (including phenoxy) is 1. The highest BCUT2D eigenvalue weighted by Crippen LogP contribution is 2.16. The van der Waals surface area contributed by atoms with Gasteiger partial charge in [-0.3, -0.25) is 4.79 Å². The van der Waals surface area contributed by atoms with E-state index in [0.717, 1.165) is 18.4 Å². The standard InChI is InChI=1S/C14H22N2O2/c1-3-7-12(10-15)16-14(17)13(18-2)11-8-5-4-6-9-11/h4-6,8-9,12-13H,3,7,10,15H2,1-2H3,(H,16,17). The van der Waals surface area contributed by atoms with Crippen molar-refractivity contribution in [2.75, 3.05) is 13.7 Å². The number of nitrogens with one attached hydrogen (secondary N) is 1. The molecule has 0 heterocycles. The van der Waals surface area contributed by atoms with Gasteiger partial charge in [0.25, 0.3) is 5.91 Å². The summed E-state index contributed by atoms with van der Waals surface area (Å²) in [5.41, 5.74) is 6.48. The molecule has 0 spiro atoms. The Hall–Kier alpha value is -1.39. The molecule has 18 heavy (non-hydrogen) atoms. The topological polar surface area (TPSA) is 64.3 Å². The van der Waals surface area contributed by atoms with Gasteiger partial charge in [0.15, 0.2) is 6.10 Å². The van der Waals surface area contributed by atoms with Crippen LogP contribution in [0.2, 0.25) is 0 Å². The monoisotopic (exact) mass is 250 g/mol. The van der Waals surface area contributed by atoms with Crippen molar-refractivity contribution in [2.24, 2.45) is 5.73 Å². The average Bonchev–Trinajstić information content (AvgIpc) is 2.40. The fraction of sp³-hybridized carbons (Fsp3) is 0.500. The predicted molar refractivity (Wildman–Crippen MR) is 72.1 cm³/mol. The number of methoxy groups -OCH3 is 1. The zero-order valence-corrected chi connectivity index (χ0v) is 11.1. The summed E-state index contributed by atoms with van der Waals surface area (Å²) in [5.74, 6) is -0.132. The summed E-state index contributed by atoms with van der Waals surface area (Å²) in [6, 6.07) is 9.47. The summed E-state index contributed by atoms with van der Waals surface area (Å²) in [7, 11) is 1.54. The van der Waals surface area contributed by atoms with Gasteiger partial charge in [0.1, 0.15) is 0 Å². The summed E-state index contributed by atoms with van der Waals surface area (Å²) >= 11 is 0. The zero-order valence-electron chi connectivity index (χ0n) is 11.1. The molecule has 3 N–H and O–H groups in total. The van der Waals surface area contributed by atoms with Crippen LogP contribution in [0.15, 0.2) is 30.3 Å². The van der Waals surface area contributed by atoms with E-state index in [1.165, 1.54) is 7.11 Å². The first-order valence-electron chi connectivity index (χ1n) is 6.31. The molecule has 0 fully saturated rings. The summed E-state index contributed by atoms with van der Waals surface area (Å²) in [5, 5.41) is 2.93. The molecule has 1 amide bonds. The minimum atomic E-state index is -0.572. The molecule has 0 aliphatic heterocycles. The van der Waals surface area contributed by atoms with Crippen molar-refractivity contribution in [1.29, 1.82) is 0 Å². The largest absolute Gasteiger partial charge is 0.367 e. The number of rotatable bonds is 7. The average molecular weight is 250 g/mol. The first kappa shape index (κ1) is 14.7. The molecular weight excluding hydrogens is 228 g/mol. The second-order valence-corrected chi connectivity index (χ2v) is 4.26. The normalized spacial score (nSPS) is 13.9. The van der Waals surface area contributed by atoms with Gasteiger partial charge in [-0.15, -0.1) is 0 Å². The van der Waals surface area contributed by atoms with Crippen LogP contribution in [0.4, 0.5) is 0 Å². The minimum absolute atomic E-state index is 0.0175. The number of hydrogen-bond acceptors (Lipinski definition) is 3. The van der Waals surface area contributed by atoms with Crippen molar-refractivity contribution in [3.63, 3.8) is 0 Å². The van der Waals surface area contributed by atoms with Crippen LogP contribution >= 0.6 is 0 Å². The van der Waals surface area contributed by atoms with E-state index < -0.39 is 6.10 Å². The highest BCUT2D eigenvalue weighted by Gasteiger charge is 2.21. The molecule has 0 saturated carbocycles. The van der Waals surface area contributed by atoms with E-state index in [4.69, 9.17) is 10.5 Å². The van der Waals surface area contributed by atoms with Crippen LogP contribution < -0.4 is 11.1 Å².